The van der Waals surface area contributed by atoms with Crippen molar-refractivity contribution in [2.24, 2.45) is 5.14 Å². The zero-order valence-corrected chi connectivity index (χ0v) is 7.19. The molecule has 0 saturated carbocycles. The molecule has 0 amide bonds. The van der Waals surface area contributed by atoms with Crippen LogP contribution in [0, 0.1) is 0 Å². The summed E-state index contributed by atoms with van der Waals surface area (Å²) < 4.78 is 24.8. The number of primary sulfonamides is 1. The number of sulfonamides is 1. The summed E-state index contributed by atoms with van der Waals surface area (Å²) in [6, 6.07) is 0. The van der Waals surface area contributed by atoms with E-state index in [2.05, 4.69) is 9.88 Å². The van der Waals surface area contributed by atoms with Crippen LogP contribution in [0.4, 0.5) is 4.79 Å². The minimum absolute atomic E-state index is 0.0290. The lowest BCUT2D eigenvalue weighted by Crippen LogP contribution is -2.17. The van der Waals surface area contributed by atoms with E-state index in [-0.39, 0.29) is 18.8 Å². The largest absolute Gasteiger partial charge is 0.454 e. The Morgan fingerprint density at radius 3 is 2.45 bits per heavy atom. The molecule has 0 radical (unpaired) electrons. The molecule has 0 atom stereocenters. The van der Waals surface area contributed by atoms with Crippen molar-refractivity contribution in [3.8, 4) is 0 Å². The number of carbonyl (C=O) groups is 1. The monoisotopic (exact) mass is 201 g/mol. The maximum absolute atomic E-state index is 10.3. The molecule has 0 aliphatic carbocycles. The van der Waals surface area contributed by atoms with Gasteiger partial charge in [-0.1, -0.05) is 0 Å². The molecule has 0 aliphatic heterocycles. The van der Waals surface area contributed by atoms with Gasteiger partial charge in [0.1, 0.15) is 0 Å². The summed E-state index contributed by atoms with van der Waals surface area (Å²) in [6.07, 6.45) is 0.164. The van der Waals surface area contributed by atoms with Gasteiger partial charge in [-0.3, -0.25) is 0 Å². The summed E-state index contributed by atoms with van der Waals surface area (Å²) in [5.74, 6) is -0.211. The van der Waals surface area contributed by atoms with Crippen molar-refractivity contribution in [3.63, 3.8) is 0 Å². The lowest BCUT2D eigenvalue weighted by Gasteiger charge is -1.98. The third-order valence-corrected chi connectivity index (χ3v) is 1.76. The highest BCUT2D eigenvalue weighted by Crippen LogP contribution is 1.91. The lowest BCUT2D eigenvalue weighted by atomic mass is 10.5. The Morgan fingerprint density at radius 2 is 2.09 bits per heavy atom. The van der Waals surface area contributed by atoms with Gasteiger partial charge in [-0.05, 0) is 6.42 Å². The molecule has 0 rings (SSSR count). The first kappa shape index (κ1) is 10.7. The number of rotatable bonds is 4. The van der Waals surface area contributed by atoms with Crippen LogP contribution >= 0.6 is 11.6 Å². The van der Waals surface area contributed by atoms with Crippen molar-refractivity contribution >= 4 is 27.1 Å². The Bertz CT molecular complexity index is 224. The van der Waals surface area contributed by atoms with Crippen LogP contribution < -0.4 is 5.14 Å². The van der Waals surface area contributed by atoms with Crippen LogP contribution in [-0.4, -0.2) is 26.2 Å². The maximum Gasteiger partial charge on any atom is 0.403 e. The molecule has 0 heterocycles. The van der Waals surface area contributed by atoms with Crippen molar-refractivity contribution in [2.45, 2.75) is 6.42 Å². The molecule has 0 fully saturated rings. The molecular formula is C4H8ClNO4S. The van der Waals surface area contributed by atoms with Crippen molar-refractivity contribution in [2.75, 3.05) is 12.4 Å². The van der Waals surface area contributed by atoms with Gasteiger partial charge >= 0.3 is 5.43 Å². The quantitative estimate of drug-likeness (QED) is 0.514. The van der Waals surface area contributed by atoms with E-state index in [1.807, 2.05) is 0 Å². The molecule has 7 heteroatoms. The molecular weight excluding hydrogens is 194 g/mol. The average molecular weight is 202 g/mol. The molecule has 66 valence electrons. The number of carbonyl (C=O) groups excluding carboxylic acids is 1. The third-order valence-electron chi connectivity index (χ3n) is 0.789. The van der Waals surface area contributed by atoms with Crippen LogP contribution in [-0.2, 0) is 14.8 Å². The minimum Gasteiger partial charge on any atom is -0.454 e. The van der Waals surface area contributed by atoms with E-state index < -0.39 is 15.5 Å². The van der Waals surface area contributed by atoms with E-state index in [4.69, 9.17) is 11.6 Å². The third kappa shape index (κ3) is 9.67. The summed E-state index contributed by atoms with van der Waals surface area (Å²) in [6.45, 7) is -0.0290. The lowest BCUT2D eigenvalue weighted by molar-refractivity contribution is 0.173. The molecule has 2 N–H and O–H groups in total. The molecule has 5 nitrogen and oxygen atoms in total. The zero-order valence-electron chi connectivity index (χ0n) is 5.62. The normalized spacial score (nSPS) is 11.1. The first-order valence-electron chi connectivity index (χ1n) is 2.74. The van der Waals surface area contributed by atoms with Gasteiger partial charge in [0, 0.05) is 11.6 Å². The summed E-state index contributed by atoms with van der Waals surface area (Å²) in [5, 5.41) is 4.65. The van der Waals surface area contributed by atoms with Crippen LogP contribution in [0.15, 0.2) is 0 Å². The second-order valence-electron chi connectivity index (χ2n) is 1.81. The molecule has 0 aromatic rings. The van der Waals surface area contributed by atoms with Crippen LogP contribution in [0.3, 0.4) is 0 Å². The van der Waals surface area contributed by atoms with E-state index >= 15 is 0 Å². The summed E-state index contributed by atoms with van der Waals surface area (Å²) in [7, 11) is -3.46. The second kappa shape index (κ2) is 4.53. The molecule has 0 saturated heterocycles. The zero-order chi connectivity index (χ0) is 8.91. The Kier molecular flexibility index (Phi) is 4.39. The first-order chi connectivity index (χ1) is 4.92. The fraction of sp³-hybridized carbons (Fsp3) is 0.750. The van der Waals surface area contributed by atoms with Gasteiger partial charge in [0.2, 0.25) is 10.0 Å². The van der Waals surface area contributed by atoms with Gasteiger partial charge in [0.25, 0.3) is 0 Å². The maximum atomic E-state index is 10.3. The van der Waals surface area contributed by atoms with Crippen LogP contribution in [0.2, 0.25) is 0 Å². The van der Waals surface area contributed by atoms with Gasteiger partial charge in [0.15, 0.2) is 0 Å². The molecule has 11 heavy (non-hydrogen) atoms. The Balaban J connectivity index is 3.37. The summed E-state index contributed by atoms with van der Waals surface area (Å²) >= 11 is 4.79. The van der Waals surface area contributed by atoms with Crippen LogP contribution in [0.5, 0.6) is 0 Å². The van der Waals surface area contributed by atoms with E-state index in [9.17, 15) is 13.2 Å². The number of halogens is 1. The van der Waals surface area contributed by atoms with Crippen molar-refractivity contribution in [1.29, 1.82) is 0 Å². The van der Waals surface area contributed by atoms with Crippen molar-refractivity contribution < 1.29 is 17.9 Å². The second-order valence-corrected chi connectivity index (χ2v) is 3.85. The van der Waals surface area contributed by atoms with Crippen molar-refractivity contribution in [1.82, 2.24) is 0 Å². The van der Waals surface area contributed by atoms with Crippen LogP contribution in [0.25, 0.3) is 0 Å². The number of hydrogen-bond donors (Lipinski definition) is 1. The highest BCUT2D eigenvalue weighted by molar-refractivity contribution is 7.89. The minimum atomic E-state index is -3.46. The van der Waals surface area contributed by atoms with Gasteiger partial charge < -0.3 is 4.74 Å². The highest BCUT2D eigenvalue weighted by atomic mass is 35.5. The van der Waals surface area contributed by atoms with Crippen molar-refractivity contribution in [3.05, 3.63) is 0 Å². The summed E-state index contributed by atoms with van der Waals surface area (Å²) in [5.41, 5.74) is -0.945. The van der Waals surface area contributed by atoms with Gasteiger partial charge in [-0.15, -0.1) is 0 Å². The van der Waals surface area contributed by atoms with Gasteiger partial charge in [-0.25, -0.2) is 18.4 Å². The predicted molar refractivity (Wildman–Crippen MR) is 39.8 cm³/mol. The fourth-order valence-corrected chi connectivity index (χ4v) is 1.01. The molecule has 0 aromatic carbocycles. The van der Waals surface area contributed by atoms with Crippen LogP contribution in [0.1, 0.15) is 6.42 Å². The predicted octanol–water partition coefficient (Wildman–Crippen LogP) is 0.0404. The van der Waals surface area contributed by atoms with E-state index in [0.29, 0.717) is 0 Å². The highest BCUT2D eigenvalue weighted by Gasteiger charge is 2.02. The number of hydrogen-bond acceptors (Lipinski definition) is 4. The average Bonchev–Trinajstić information content (AvgIpc) is 1.78. The Labute approximate surface area is 69.5 Å². The molecule has 0 unspecified atom stereocenters. The molecule has 0 aromatic heterocycles. The van der Waals surface area contributed by atoms with Gasteiger partial charge in [-0.2, -0.15) is 0 Å². The number of ether oxygens (including phenoxy) is 1. The number of nitrogens with two attached hydrogens (primary N) is 1. The Hall–Kier alpha value is -0.330. The van der Waals surface area contributed by atoms with E-state index in [1.54, 1.807) is 0 Å². The first-order valence-corrected chi connectivity index (χ1v) is 4.84. The SMILES string of the molecule is NS(=O)(=O)CCCOC(=O)Cl. The topological polar surface area (TPSA) is 86.5 Å². The summed E-state index contributed by atoms with van der Waals surface area (Å²) in [4.78, 5) is 9.93. The molecule has 0 spiro atoms. The molecule has 0 aliphatic rings. The van der Waals surface area contributed by atoms with E-state index in [0.717, 1.165) is 0 Å². The fourth-order valence-electron chi connectivity index (χ4n) is 0.413. The standard InChI is InChI=1S/C4H8ClNO4S/c5-4(7)10-2-1-3-11(6,8)9/h1-3H2,(H2,6,8,9). The van der Waals surface area contributed by atoms with E-state index in [1.165, 1.54) is 0 Å². The molecule has 0 bridgehead atoms. The smallest absolute Gasteiger partial charge is 0.403 e. The Morgan fingerprint density at radius 1 is 1.55 bits per heavy atom. The van der Waals surface area contributed by atoms with Gasteiger partial charge in [0.05, 0.1) is 12.4 Å².